The molecule has 14 heteroatoms. The predicted molar refractivity (Wildman–Crippen MR) is 80.0 cm³/mol. The monoisotopic (exact) mass is 394 g/mol. The highest BCUT2D eigenvalue weighted by Crippen LogP contribution is 2.34. The van der Waals surface area contributed by atoms with Crippen LogP contribution in [0.3, 0.4) is 0 Å². The molecule has 0 aliphatic heterocycles. The van der Waals surface area contributed by atoms with E-state index in [4.69, 9.17) is 5.73 Å². The summed E-state index contributed by atoms with van der Waals surface area (Å²) < 4.78 is 76.3. The van der Waals surface area contributed by atoms with Gasteiger partial charge in [-0.1, -0.05) is 0 Å². The Morgan fingerprint density at radius 3 is 1.93 bits per heavy atom. The minimum atomic E-state index is -5.16. The van der Waals surface area contributed by atoms with Crippen molar-refractivity contribution >= 4 is 23.3 Å². The van der Waals surface area contributed by atoms with Crippen LogP contribution in [-0.4, -0.2) is 20.9 Å². The molecule has 1 aromatic carbocycles. The summed E-state index contributed by atoms with van der Waals surface area (Å²) in [6.45, 7) is 0. The van der Waals surface area contributed by atoms with Crippen molar-refractivity contribution < 1.29 is 31.3 Å². The van der Waals surface area contributed by atoms with Crippen LogP contribution in [0.25, 0.3) is 0 Å². The summed E-state index contributed by atoms with van der Waals surface area (Å²) in [6.07, 6.45) is -10.3. The molecule has 3 N–H and O–H groups in total. The zero-order chi connectivity index (χ0) is 20.4. The van der Waals surface area contributed by atoms with Crippen molar-refractivity contribution in [2.24, 2.45) is 10.7 Å². The van der Waals surface area contributed by atoms with E-state index in [1.165, 1.54) is 12.1 Å². The zero-order valence-corrected chi connectivity index (χ0v) is 12.8. The smallest absolute Gasteiger partial charge is 0.369 e. The van der Waals surface area contributed by atoms with Crippen molar-refractivity contribution in [3.05, 3.63) is 51.8 Å². The summed E-state index contributed by atoms with van der Waals surface area (Å²) >= 11 is 0. The predicted octanol–water partition coefficient (Wildman–Crippen LogP) is 3.48. The lowest BCUT2D eigenvalue weighted by Crippen LogP contribution is -2.22. The molecular weight excluding hydrogens is 386 g/mol. The highest BCUT2D eigenvalue weighted by atomic mass is 19.4. The summed E-state index contributed by atoms with van der Waals surface area (Å²) in [5.74, 6) is -1.79. The molecule has 0 atom stereocenters. The van der Waals surface area contributed by atoms with Gasteiger partial charge in [0.15, 0.2) is 11.4 Å². The molecule has 1 heterocycles. The Morgan fingerprint density at radius 1 is 1.04 bits per heavy atom. The second-order valence-electron chi connectivity index (χ2n) is 4.86. The van der Waals surface area contributed by atoms with E-state index in [9.17, 15) is 36.5 Å². The van der Waals surface area contributed by atoms with E-state index in [1.807, 2.05) is 0 Å². The summed E-state index contributed by atoms with van der Waals surface area (Å²) in [4.78, 5) is 19.0. The molecule has 0 radical (unpaired) electrons. The van der Waals surface area contributed by atoms with Crippen molar-refractivity contribution in [2.45, 2.75) is 12.4 Å². The number of hydrogen-bond acceptors (Lipinski definition) is 5. The van der Waals surface area contributed by atoms with Crippen molar-refractivity contribution in [3.8, 4) is 0 Å². The largest absolute Gasteiger partial charge is 0.433 e. The average molecular weight is 394 g/mol. The number of nitro groups is 1. The van der Waals surface area contributed by atoms with Gasteiger partial charge in [0.2, 0.25) is 5.96 Å². The first-order valence-electron chi connectivity index (χ1n) is 6.75. The van der Waals surface area contributed by atoms with Crippen molar-refractivity contribution in [1.29, 1.82) is 0 Å². The first-order valence-corrected chi connectivity index (χ1v) is 6.75. The zero-order valence-electron chi connectivity index (χ0n) is 12.8. The summed E-state index contributed by atoms with van der Waals surface area (Å²) in [7, 11) is 0. The van der Waals surface area contributed by atoms with Crippen LogP contribution in [0.2, 0.25) is 0 Å². The number of anilines is 1. The van der Waals surface area contributed by atoms with Gasteiger partial charge in [-0.15, -0.1) is 0 Å². The Morgan fingerprint density at radius 2 is 1.52 bits per heavy atom. The van der Waals surface area contributed by atoms with Crippen molar-refractivity contribution in [3.63, 3.8) is 0 Å². The molecular formula is C13H8F6N6O2. The molecule has 0 aliphatic rings. The third kappa shape index (κ3) is 5.26. The van der Waals surface area contributed by atoms with Gasteiger partial charge in [-0.25, -0.2) is 9.97 Å². The molecule has 0 bridgehead atoms. The van der Waals surface area contributed by atoms with E-state index in [0.29, 0.717) is 0 Å². The van der Waals surface area contributed by atoms with Gasteiger partial charge in [-0.3, -0.25) is 10.1 Å². The number of hydrogen-bond donors (Lipinski definition) is 2. The van der Waals surface area contributed by atoms with E-state index in [1.54, 1.807) is 0 Å². The lowest BCUT2D eigenvalue weighted by molar-refractivity contribution is -0.384. The van der Waals surface area contributed by atoms with Gasteiger partial charge in [-0.2, -0.15) is 31.3 Å². The second kappa shape index (κ2) is 7.05. The maximum absolute atomic E-state index is 12.7. The molecule has 0 saturated heterocycles. The molecule has 0 amide bonds. The number of nitrogens with two attached hydrogens (primary N) is 1. The third-order valence-electron chi connectivity index (χ3n) is 2.87. The molecule has 144 valence electrons. The number of nitrogens with one attached hydrogen (secondary N) is 1. The number of nitro benzene ring substituents is 1. The standard InChI is InChI=1S/C13H8F6N6O2/c14-12(15,16)8-5-9(13(17,18)19)23-11(22-8)24-10(20)21-6-1-3-7(4-2-6)25(26)27/h1-5H,(H3,20,21,22,23,24). The third-order valence-corrected chi connectivity index (χ3v) is 2.87. The molecule has 0 unspecified atom stereocenters. The molecule has 27 heavy (non-hydrogen) atoms. The van der Waals surface area contributed by atoms with E-state index in [2.05, 4.69) is 20.3 Å². The minimum absolute atomic E-state index is 0.143. The number of alkyl halides is 6. The van der Waals surface area contributed by atoms with E-state index in [-0.39, 0.29) is 17.4 Å². The van der Waals surface area contributed by atoms with Crippen LogP contribution in [0.1, 0.15) is 11.4 Å². The number of rotatable bonds is 3. The molecule has 8 nitrogen and oxygen atoms in total. The molecule has 0 spiro atoms. The van der Waals surface area contributed by atoms with Crippen LogP contribution >= 0.6 is 0 Å². The van der Waals surface area contributed by atoms with Gasteiger partial charge in [0.1, 0.15) is 0 Å². The summed E-state index contributed by atoms with van der Waals surface area (Å²) in [6, 6.07) is 4.35. The quantitative estimate of drug-likeness (QED) is 0.270. The highest BCUT2D eigenvalue weighted by molar-refractivity contribution is 5.93. The van der Waals surface area contributed by atoms with Crippen molar-refractivity contribution in [2.75, 3.05) is 5.32 Å². The van der Waals surface area contributed by atoms with Gasteiger partial charge in [0, 0.05) is 17.8 Å². The molecule has 2 aromatic rings. The van der Waals surface area contributed by atoms with Crippen LogP contribution in [0.5, 0.6) is 0 Å². The Bertz CT molecular complexity index is 846. The van der Waals surface area contributed by atoms with Crippen molar-refractivity contribution in [1.82, 2.24) is 9.97 Å². The molecule has 0 aliphatic carbocycles. The fraction of sp³-hybridized carbons (Fsp3) is 0.154. The lowest BCUT2D eigenvalue weighted by Gasteiger charge is -2.11. The topological polar surface area (TPSA) is 119 Å². The van der Waals surface area contributed by atoms with Gasteiger partial charge < -0.3 is 11.1 Å². The maximum Gasteiger partial charge on any atom is 0.433 e. The normalized spacial score (nSPS) is 12.7. The van der Waals surface area contributed by atoms with Crippen LogP contribution in [-0.2, 0) is 12.4 Å². The molecule has 2 rings (SSSR count). The minimum Gasteiger partial charge on any atom is -0.369 e. The SMILES string of the molecule is N/C(=N\c1nc(C(F)(F)F)cc(C(F)(F)F)n1)Nc1ccc([N+](=O)[O-])cc1. The number of nitrogens with zero attached hydrogens (tertiary/aromatic N) is 4. The van der Waals surface area contributed by atoms with Gasteiger partial charge in [0.25, 0.3) is 11.6 Å². The lowest BCUT2D eigenvalue weighted by atomic mass is 10.3. The number of halogens is 6. The fourth-order valence-electron chi connectivity index (χ4n) is 1.73. The number of aromatic nitrogens is 2. The average Bonchev–Trinajstić information content (AvgIpc) is 2.53. The summed E-state index contributed by atoms with van der Waals surface area (Å²) in [5.41, 5.74) is 1.63. The molecule has 0 fully saturated rings. The van der Waals surface area contributed by atoms with Crippen LogP contribution in [0.4, 0.5) is 43.7 Å². The van der Waals surface area contributed by atoms with Gasteiger partial charge in [-0.05, 0) is 18.2 Å². The first kappa shape index (κ1) is 19.9. The summed E-state index contributed by atoms with van der Waals surface area (Å²) in [5, 5.41) is 12.9. The fourth-order valence-corrected chi connectivity index (χ4v) is 1.73. The Labute approximate surface area is 145 Å². The van der Waals surface area contributed by atoms with Gasteiger partial charge >= 0.3 is 12.4 Å². The Hall–Kier alpha value is -3.45. The van der Waals surface area contributed by atoms with Crippen LogP contribution < -0.4 is 11.1 Å². The Balaban J connectivity index is 2.34. The first-order chi connectivity index (χ1) is 12.4. The second-order valence-corrected chi connectivity index (χ2v) is 4.86. The van der Waals surface area contributed by atoms with Crippen LogP contribution in [0, 0.1) is 10.1 Å². The van der Waals surface area contributed by atoms with Crippen LogP contribution in [0.15, 0.2) is 35.3 Å². The number of non-ortho nitro benzene ring substituents is 1. The number of aliphatic imine (C=N–C) groups is 1. The maximum atomic E-state index is 12.7. The van der Waals surface area contributed by atoms with Gasteiger partial charge in [0.05, 0.1) is 4.92 Å². The number of benzene rings is 1. The van der Waals surface area contributed by atoms with E-state index in [0.717, 1.165) is 12.1 Å². The Kier molecular flexibility index (Phi) is 5.19. The molecule has 0 saturated carbocycles. The van der Waals surface area contributed by atoms with E-state index >= 15 is 0 Å². The highest BCUT2D eigenvalue weighted by Gasteiger charge is 2.39. The number of guanidine groups is 1. The van der Waals surface area contributed by atoms with E-state index < -0.39 is 40.6 Å². The molecule has 1 aromatic heterocycles.